The second-order valence-corrected chi connectivity index (χ2v) is 12.2. The molecule has 0 N–H and O–H groups in total. The monoisotopic (exact) mass is 628 g/mol. The van der Waals surface area contributed by atoms with Gasteiger partial charge in [-0.25, -0.2) is 15.0 Å². The minimum atomic E-state index is 0.809. The van der Waals surface area contributed by atoms with Crippen molar-refractivity contribution in [3.8, 4) is 39.8 Å². The normalized spacial score (nSPS) is 11.7. The molecule has 0 spiro atoms. The molecule has 49 heavy (non-hydrogen) atoms. The number of fused-ring (bicyclic) bond motifs is 5. The first-order valence-electron chi connectivity index (χ1n) is 16.4. The lowest BCUT2D eigenvalue weighted by Gasteiger charge is -2.16. The molecule has 230 valence electrons. The van der Waals surface area contributed by atoms with Gasteiger partial charge in [-0.15, -0.1) is 0 Å². The van der Waals surface area contributed by atoms with Gasteiger partial charge < -0.3 is 4.57 Å². The summed E-state index contributed by atoms with van der Waals surface area (Å²) in [7, 11) is 0. The topological polar surface area (TPSA) is 53.5 Å². The van der Waals surface area contributed by atoms with Crippen molar-refractivity contribution in [1.82, 2.24) is 28.7 Å². The van der Waals surface area contributed by atoms with Crippen molar-refractivity contribution in [1.29, 1.82) is 0 Å². The van der Waals surface area contributed by atoms with Crippen molar-refractivity contribution >= 4 is 44.0 Å². The predicted octanol–water partition coefficient (Wildman–Crippen LogP) is 10.2. The Kier molecular flexibility index (Phi) is 6.08. The standard InChI is InChI=1S/C43H28N6/c1-3-14-31(15-4-1)48-40-24-12-9-20-36(40)45-41(48)29-26-30(42-46-37-21-13-25-44-43(37)49(42)32-16-5-2-6-17-32)28-33(27-29)47-38-22-10-7-18-34(38)35-19-8-11-23-39(35)47/h1-28H. The summed E-state index contributed by atoms with van der Waals surface area (Å²) in [5, 5.41) is 2.42. The number of hydrogen-bond acceptors (Lipinski definition) is 3. The molecule has 0 bridgehead atoms. The SMILES string of the molecule is c1ccc(-n2c(-c3cc(-c4nc5cccnc5n4-c4ccccc4)cc(-n4c5ccccc5c5ccccc54)c3)nc3ccccc32)cc1. The van der Waals surface area contributed by atoms with Crippen molar-refractivity contribution < 1.29 is 0 Å². The van der Waals surface area contributed by atoms with Gasteiger partial charge in [0.2, 0.25) is 0 Å². The second-order valence-electron chi connectivity index (χ2n) is 12.2. The van der Waals surface area contributed by atoms with Gasteiger partial charge >= 0.3 is 0 Å². The summed E-state index contributed by atoms with van der Waals surface area (Å²) in [6, 6.07) is 57.1. The molecule has 0 atom stereocenters. The summed E-state index contributed by atoms with van der Waals surface area (Å²) >= 11 is 0. The molecule has 4 heterocycles. The zero-order valence-corrected chi connectivity index (χ0v) is 26.3. The Balaban J connectivity index is 1.33. The Morgan fingerprint density at radius 1 is 0.367 bits per heavy atom. The predicted molar refractivity (Wildman–Crippen MR) is 199 cm³/mol. The molecule has 0 unspecified atom stereocenters. The van der Waals surface area contributed by atoms with Crippen LogP contribution in [0, 0.1) is 0 Å². The van der Waals surface area contributed by atoms with Crippen molar-refractivity contribution in [3.63, 3.8) is 0 Å². The lowest BCUT2D eigenvalue weighted by atomic mass is 10.1. The van der Waals surface area contributed by atoms with Crippen LogP contribution in [0.5, 0.6) is 0 Å². The van der Waals surface area contributed by atoms with Crippen LogP contribution in [0.25, 0.3) is 83.8 Å². The molecule has 0 aliphatic carbocycles. The number of para-hydroxylation sites is 6. The molecule has 6 nitrogen and oxygen atoms in total. The van der Waals surface area contributed by atoms with E-state index in [-0.39, 0.29) is 0 Å². The highest BCUT2D eigenvalue weighted by molar-refractivity contribution is 6.09. The largest absolute Gasteiger partial charge is 0.309 e. The summed E-state index contributed by atoms with van der Waals surface area (Å²) < 4.78 is 6.77. The maximum atomic E-state index is 5.28. The highest BCUT2D eigenvalue weighted by Crippen LogP contribution is 2.38. The molecule has 0 saturated heterocycles. The number of imidazole rings is 2. The van der Waals surface area contributed by atoms with Gasteiger partial charge in [-0.2, -0.15) is 0 Å². The van der Waals surface area contributed by atoms with E-state index in [2.05, 4.69) is 147 Å². The fraction of sp³-hybridized carbons (Fsp3) is 0. The number of aromatic nitrogens is 6. The first kappa shape index (κ1) is 27.3. The smallest absolute Gasteiger partial charge is 0.164 e. The van der Waals surface area contributed by atoms with E-state index >= 15 is 0 Å². The first-order valence-corrected chi connectivity index (χ1v) is 16.4. The molecule has 0 saturated carbocycles. The number of benzene rings is 6. The van der Waals surface area contributed by atoms with Crippen LogP contribution >= 0.6 is 0 Å². The van der Waals surface area contributed by atoms with Crippen molar-refractivity contribution in [2.45, 2.75) is 0 Å². The van der Waals surface area contributed by atoms with Crippen LogP contribution in [0.2, 0.25) is 0 Å². The Labute approximate surface area is 281 Å². The average molecular weight is 629 g/mol. The fourth-order valence-corrected chi connectivity index (χ4v) is 7.18. The third-order valence-electron chi connectivity index (χ3n) is 9.28. The maximum Gasteiger partial charge on any atom is 0.164 e. The molecule has 6 aromatic carbocycles. The second kappa shape index (κ2) is 10.9. The maximum absolute atomic E-state index is 5.28. The minimum Gasteiger partial charge on any atom is -0.309 e. The van der Waals surface area contributed by atoms with E-state index in [1.165, 1.54) is 10.8 Å². The molecule has 4 aromatic heterocycles. The highest BCUT2D eigenvalue weighted by Gasteiger charge is 2.21. The highest BCUT2D eigenvalue weighted by atomic mass is 15.1. The summed E-state index contributed by atoms with van der Waals surface area (Å²) in [6.07, 6.45) is 1.83. The molecule has 10 aromatic rings. The van der Waals surface area contributed by atoms with E-state index in [4.69, 9.17) is 15.0 Å². The molecular formula is C43H28N6. The Hall–Kier alpha value is -6.79. The van der Waals surface area contributed by atoms with Crippen LogP contribution in [0.4, 0.5) is 0 Å². The van der Waals surface area contributed by atoms with Gasteiger partial charge in [-0.3, -0.25) is 9.13 Å². The summed E-state index contributed by atoms with van der Waals surface area (Å²) in [5.74, 6) is 1.67. The molecule has 0 amide bonds. The molecule has 10 rings (SSSR count). The average Bonchev–Trinajstić information content (AvgIpc) is 3.86. The zero-order valence-electron chi connectivity index (χ0n) is 26.3. The number of nitrogens with zero attached hydrogens (tertiary/aromatic N) is 6. The third kappa shape index (κ3) is 4.31. The molecular weight excluding hydrogens is 601 g/mol. The van der Waals surface area contributed by atoms with Gasteiger partial charge in [-0.1, -0.05) is 84.9 Å². The van der Waals surface area contributed by atoms with E-state index in [1.807, 2.05) is 36.5 Å². The van der Waals surface area contributed by atoms with Gasteiger partial charge in [0.25, 0.3) is 0 Å². The lowest BCUT2D eigenvalue weighted by Crippen LogP contribution is -2.02. The molecule has 0 fully saturated rings. The van der Waals surface area contributed by atoms with Crippen LogP contribution in [0.15, 0.2) is 170 Å². The lowest BCUT2D eigenvalue weighted by molar-refractivity contribution is 1.07. The molecule has 6 heteroatoms. The Morgan fingerprint density at radius 2 is 0.878 bits per heavy atom. The minimum absolute atomic E-state index is 0.809. The van der Waals surface area contributed by atoms with E-state index < -0.39 is 0 Å². The molecule has 0 radical (unpaired) electrons. The van der Waals surface area contributed by atoms with Crippen LogP contribution < -0.4 is 0 Å². The molecule has 0 aliphatic rings. The van der Waals surface area contributed by atoms with Crippen LogP contribution in [0.1, 0.15) is 0 Å². The first-order chi connectivity index (χ1) is 24.3. The van der Waals surface area contributed by atoms with E-state index in [1.54, 1.807) is 0 Å². The summed E-state index contributed by atoms with van der Waals surface area (Å²) in [5.41, 5.74) is 10.9. The molecule has 0 aliphatic heterocycles. The Bertz CT molecular complexity index is 2640. The van der Waals surface area contributed by atoms with Gasteiger partial charge in [0.15, 0.2) is 5.65 Å². The van der Waals surface area contributed by atoms with Crippen molar-refractivity contribution in [2.24, 2.45) is 0 Å². The van der Waals surface area contributed by atoms with Gasteiger partial charge in [0.1, 0.15) is 17.2 Å². The van der Waals surface area contributed by atoms with Crippen LogP contribution in [-0.2, 0) is 0 Å². The van der Waals surface area contributed by atoms with Crippen molar-refractivity contribution in [2.75, 3.05) is 0 Å². The van der Waals surface area contributed by atoms with E-state index in [9.17, 15) is 0 Å². The number of hydrogen-bond donors (Lipinski definition) is 0. The number of pyridine rings is 1. The number of rotatable bonds is 5. The van der Waals surface area contributed by atoms with Gasteiger partial charge in [-0.05, 0) is 78.9 Å². The Morgan fingerprint density at radius 3 is 1.55 bits per heavy atom. The fourth-order valence-electron chi connectivity index (χ4n) is 7.18. The van der Waals surface area contributed by atoms with Crippen LogP contribution in [0.3, 0.4) is 0 Å². The van der Waals surface area contributed by atoms with E-state index in [0.29, 0.717) is 0 Å². The quantitative estimate of drug-likeness (QED) is 0.191. The third-order valence-corrected chi connectivity index (χ3v) is 9.28. The van der Waals surface area contributed by atoms with Crippen molar-refractivity contribution in [3.05, 3.63) is 170 Å². The summed E-state index contributed by atoms with van der Waals surface area (Å²) in [4.78, 5) is 15.3. The van der Waals surface area contributed by atoms with Gasteiger partial charge in [0, 0.05) is 45.2 Å². The zero-order chi connectivity index (χ0) is 32.3. The summed E-state index contributed by atoms with van der Waals surface area (Å²) in [6.45, 7) is 0. The van der Waals surface area contributed by atoms with Crippen LogP contribution in [-0.4, -0.2) is 28.7 Å². The van der Waals surface area contributed by atoms with E-state index in [0.717, 1.165) is 73.1 Å². The van der Waals surface area contributed by atoms with Gasteiger partial charge in [0.05, 0.1) is 22.1 Å².